The van der Waals surface area contributed by atoms with Crippen LogP contribution in [-0.4, -0.2) is 11.1 Å². The van der Waals surface area contributed by atoms with Gasteiger partial charge in [0.25, 0.3) is 0 Å². The fourth-order valence-corrected chi connectivity index (χ4v) is 3.64. The molecular weight excluding hydrogens is 260 g/mol. The molecule has 3 atom stereocenters. The van der Waals surface area contributed by atoms with Crippen LogP contribution in [0.3, 0.4) is 0 Å². The Morgan fingerprint density at radius 3 is 2.48 bits per heavy atom. The predicted octanol–water partition coefficient (Wildman–Crippen LogP) is 4.22. The standard InChI is InChI=1S/C19H20O2/c1-13(19(20)21)18-16-10-6-5-9-15(16)11-12-17(18)14-7-3-2-4-8-14/h2-10,13,17-18H,11-12H2,1H3,(H,20,21)/t13-,17+,18+/m0/s1. The van der Waals surface area contributed by atoms with Crippen molar-refractivity contribution in [1.29, 1.82) is 0 Å². The highest BCUT2D eigenvalue weighted by Gasteiger charge is 2.36. The van der Waals surface area contributed by atoms with Crippen molar-refractivity contribution < 1.29 is 9.90 Å². The molecule has 0 bridgehead atoms. The maximum atomic E-state index is 11.6. The quantitative estimate of drug-likeness (QED) is 0.914. The second-order valence-corrected chi connectivity index (χ2v) is 5.91. The summed E-state index contributed by atoms with van der Waals surface area (Å²) in [6.45, 7) is 1.84. The van der Waals surface area contributed by atoms with Gasteiger partial charge >= 0.3 is 5.97 Å². The largest absolute Gasteiger partial charge is 0.481 e. The number of hydrogen-bond donors (Lipinski definition) is 1. The molecule has 0 amide bonds. The molecule has 0 unspecified atom stereocenters. The minimum Gasteiger partial charge on any atom is -0.481 e. The summed E-state index contributed by atoms with van der Waals surface area (Å²) in [4.78, 5) is 11.6. The number of rotatable bonds is 3. The first-order valence-corrected chi connectivity index (χ1v) is 7.54. The number of aliphatic carboxylic acids is 1. The number of carboxylic acid groups (broad SMARTS) is 1. The third kappa shape index (κ3) is 2.58. The summed E-state index contributed by atoms with van der Waals surface area (Å²) < 4.78 is 0. The average Bonchev–Trinajstić information content (AvgIpc) is 2.53. The van der Waals surface area contributed by atoms with Gasteiger partial charge in [0, 0.05) is 5.92 Å². The van der Waals surface area contributed by atoms with Crippen molar-refractivity contribution in [1.82, 2.24) is 0 Å². The molecule has 0 radical (unpaired) electrons. The van der Waals surface area contributed by atoms with Gasteiger partial charge in [-0.05, 0) is 35.4 Å². The lowest BCUT2D eigenvalue weighted by Crippen LogP contribution is -2.28. The Hall–Kier alpha value is -2.09. The molecule has 3 rings (SSSR count). The number of benzene rings is 2. The van der Waals surface area contributed by atoms with E-state index in [9.17, 15) is 9.90 Å². The average molecular weight is 280 g/mol. The van der Waals surface area contributed by atoms with E-state index in [0.29, 0.717) is 0 Å². The molecular formula is C19H20O2. The summed E-state index contributed by atoms with van der Waals surface area (Å²) in [7, 11) is 0. The van der Waals surface area contributed by atoms with Gasteiger partial charge in [-0.3, -0.25) is 4.79 Å². The van der Waals surface area contributed by atoms with Crippen LogP contribution in [0.5, 0.6) is 0 Å². The predicted molar refractivity (Wildman–Crippen MR) is 83.5 cm³/mol. The Morgan fingerprint density at radius 2 is 1.76 bits per heavy atom. The normalized spacial score (nSPS) is 22.3. The Balaban J connectivity index is 2.07. The van der Waals surface area contributed by atoms with Crippen LogP contribution in [0.4, 0.5) is 0 Å². The molecule has 21 heavy (non-hydrogen) atoms. The molecule has 0 saturated heterocycles. The van der Waals surface area contributed by atoms with Gasteiger partial charge in [0.15, 0.2) is 0 Å². The van der Waals surface area contributed by atoms with Crippen LogP contribution in [-0.2, 0) is 11.2 Å². The van der Waals surface area contributed by atoms with Crippen LogP contribution in [0.2, 0.25) is 0 Å². The molecule has 108 valence electrons. The molecule has 0 aromatic heterocycles. The molecule has 1 aliphatic carbocycles. The Bertz CT molecular complexity index is 633. The summed E-state index contributed by atoms with van der Waals surface area (Å²) in [5.41, 5.74) is 3.78. The fourth-order valence-electron chi connectivity index (χ4n) is 3.64. The van der Waals surface area contributed by atoms with Crippen LogP contribution in [0, 0.1) is 5.92 Å². The molecule has 1 N–H and O–H groups in total. The van der Waals surface area contributed by atoms with E-state index in [-0.39, 0.29) is 17.8 Å². The SMILES string of the molecule is C[C@H](C(=O)O)[C@@H]1c2ccccc2CC[C@@H]1c1ccccc1. The smallest absolute Gasteiger partial charge is 0.306 e. The third-order valence-electron chi connectivity index (χ3n) is 4.73. The number of carboxylic acids is 1. The number of hydrogen-bond acceptors (Lipinski definition) is 1. The van der Waals surface area contributed by atoms with E-state index in [1.165, 1.54) is 16.7 Å². The number of carbonyl (C=O) groups is 1. The minimum absolute atomic E-state index is 0.0508. The molecule has 2 heteroatoms. The van der Waals surface area contributed by atoms with Gasteiger partial charge < -0.3 is 5.11 Å². The van der Waals surface area contributed by atoms with Crippen LogP contribution in [0.25, 0.3) is 0 Å². The van der Waals surface area contributed by atoms with E-state index in [4.69, 9.17) is 0 Å². The molecule has 2 aromatic carbocycles. The van der Waals surface area contributed by atoms with Gasteiger partial charge in [0.1, 0.15) is 0 Å². The molecule has 2 nitrogen and oxygen atoms in total. The lowest BCUT2D eigenvalue weighted by atomic mass is 9.67. The molecule has 0 aliphatic heterocycles. The summed E-state index contributed by atoms with van der Waals surface area (Å²) in [5.74, 6) is -0.753. The van der Waals surface area contributed by atoms with Gasteiger partial charge in [0.2, 0.25) is 0 Å². The van der Waals surface area contributed by atoms with Gasteiger partial charge in [-0.1, -0.05) is 61.5 Å². The van der Waals surface area contributed by atoms with E-state index in [2.05, 4.69) is 24.3 Å². The summed E-state index contributed by atoms with van der Waals surface area (Å²) >= 11 is 0. The van der Waals surface area contributed by atoms with E-state index in [0.717, 1.165) is 12.8 Å². The second kappa shape index (κ2) is 5.72. The first-order valence-electron chi connectivity index (χ1n) is 7.54. The molecule has 1 aliphatic rings. The lowest BCUT2D eigenvalue weighted by molar-refractivity contribution is -0.142. The second-order valence-electron chi connectivity index (χ2n) is 5.91. The third-order valence-corrected chi connectivity index (χ3v) is 4.73. The Labute approximate surface area is 125 Å². The number of fused-ring (bicyclic) bond motifs is 1. The highest BCUT2D eigenvalue weighted by Crippen LogP contribution is 2.46. The van der Waals surface area contributed by atoms with Crippen LogP contribution < -0.4 is 0 Å². The monoisotopic (exact) mass is 280 g/mol. The van der Waals surface area contributed by atoms with Crippen molar-refractivity contribution in [3.05, 3.63) is 71.3 Å². The molecule has 0 fully saturated rings. The molecule has 0 heterocycles. The van der Waals surface area contributed by atoms with Crippen molar-refractivity contribution in [3.63, 3.8) is 0 Å². The lowest BCUT2D eigenvalue weighted by Gasteiger charge is -2.36. The van der Waals surface area contributed by atoms with Gasteiger partial charge in [-0.25, -0.2) is 0 Å². The summed E-state index contributed by atoms with van der Waals surface area (Å²) in [5, 5.41) is 9.52. The Kier molecular flexibility index (Phi) is 3.78. The fraction of sp³-hybridized carbons (Fsp3) is 0.316. The topological polar surface area (TPSA) is 37.3 Å². The van der Waals surface area contributed by atoms with Crippen molar-refractivity contribution in [3.8, 4) is 0 Å². The first-order chi connectivity index (χ1) is 10.2. The maximum absolute atomic E-state index is 11.6. The van der Waals surface area contributed by atoms with E-state index >= 15 is 0 Å². The van der Waals surface area contributed by atoms with Crippen molar-refractivity contribution in [2.45, 2.75) is 31.6 Å². The zero-order valence-corrected chi connectivity index (χ0v) is 12.2. The summed E-state index contributed by atoms with van der Waals surface area (Å²) in [6, 6.07) is 18.7. The highest BCUT2D eigenvalue weighted by atomic mass is 16.4. The Morgan fingerprint density at radius 1 is 1.10 bits per heavy atom. The summed E-state index contributed by atoms with van der Waals surface area (Å²) in [6.07, 6.45) is 2.04. The van der Waals surface area contributed by atoms with Gasteiger partial charge in [-0.15, -0.1) is 0 Å². The van der Waals surface area contributed by atoms with E-state index in [1.54, 1.807) is 0 Å². The van der Waals surface area contributed by atoms with Crippen LogP contribution in [0.1, 0.15) is 41.9 Å². The van der Waals surface area contributed by atoms with E-state index < -0.39 is 5.97 Å². The van der Waals surface area contributed by atoms with Gasteiger partial charge in [0.05, 0.1) is 5.92 Å². The van der Waals surface area contributed by atoms with E-state index in [1.807, 2.05) is 37.3 Å². The van der Waals surface area contributed by atoms with Crippen LogP contribution in [0.15, 0.2) is 54.6 Å². The number of aryl methyl sites for hydroxylation is 1. The van der Waals surface area contributed by atoms with Gasteiger partial charge in [-0.2, -0.15) is 0 Å². The minimum atomic E-state index is -0.711. The zero-order valence-electron chi connectivity index (χ0n) is 12.2. The highest BCUT2D eigenvalue weighted by molar-refractivity contribution is 5.71. The zero-order chi connectivity index (χ0) is 14.8. The first kappa shape index (κ1) is 13.9. The van der Waals surface area contributed by atoms with Crippen molar-refractivity contribution >= 4 is 5.97 Å². The van der Waals surface area contributed by atoms with Crippen molar-refractivity contribution in [2.75, 3.05) is 0 Å². The maximum Gasteiger partial charge on any atom is 0.306 e. The van der Waals surface area contributed by atoms with Crippen molar-refractivity contribution in [2.24, 2.45) is 5.92 Å². The van der Waals surface area contributed by atoms with Crippen LogP contribution >= 0.6 is 0 Å². The molecule has 0 saturated carbocycles. The molecule has 2 aromatic rings. The molecule has 0 spiro atoms.